The van der Waals surface area contributed by atoms with Gasteiger partial charge in [-0.25, -0.2) is 9.48 Å². The lowest BCUT2D eigenvalue weighted by atomic mass is 10.3. The summed E-state index contributed by atoms with van der Waals surface area (Å²) in [5.74, 6) is 1.46. The monoisotopic (exact) mass is 383 g/mol. The molecule has 0 bridgehead atoms. The normalized spacial score (nSPS) is 14.3. The molecule has 0 unspecified atom stereocenters. The van der Waals surface area contributed by atoms with Crippen LogP contribution in [0.1, 0.15) is 0 Å². The quantitative estimate of drug-likeness (QED) is 0.752. The van der Waals surface area contributed by atoms with E-state index in [4.69, 9.17) is 11.6 Å². The molecule has 3 heterocycles. The second kappa shape index (κ2) is 7.63. The van der Waals surface area contributed by atoms with Gasteiger partial charge in [0.2, 0.25) is 0 Å². The Morgan fingerprint density at radius 3 is 2.37 bits per heavy atom. The Kier molecular flexibility index (Phi) is 4.88. The number of rotatable bonds is 3. The van der Waals surface area contributed by atoms with E-state index in [1.54, 1.807) is 27.9 Å². The van der Waals surface area contributed by atoms with Crippen molar-refractivity contribution in [1.82, 2.24) is 24.9 Å². The minimum absolute atomic E-state index is 0.150. The van der Waals surface area contributed by atoms with Gasteiger partial charge in [-0.2, -0.15) is 5.10 Å². The maximum absolute atomic E-state index is 12.4. The number of halogens is 1. The van der Waals surface area contributed by atoms with Crippen molar-refractivity contribution < 1.29 is 4.79 Å². The predicted molar refractivity (Wildman–Crippen MR) is 103 cm³/mol. The molecule has 1 aliphatic heterocycles. The Morgan fingerprint density at radius 2 is 1.70 bits per heavy atom. The third-order valence-electron chi connectivity index (χ3n) is 4.38. The Labute approximate surface area is 161 Å². The van der Waals surface area contributed by atoms with Crippen LogP contribution < -0.4 is 10.2 Å². The highest BCUT2D eigenvalue weighted by molar-refractivity contribution is 6.33. The van der Waals surface area contributed by atoms with Gasteiger partial charge in [0.25, 0.3) is 0 Å². The predicted octanol–water partition coefficient (Wildman–Crippen LogP) is 2.67. The molecule has 1 N–H and O–H groups in total. The van der Waals surface area contributed by atoms with Crippen LogP contribution in [0.15, 0.2) is 54.9 Å². The SMILES string of the molecule is O=C(Nc1ccccc1Cl)N1CCN(c2ccc(-n3cccn3)nn2)CC1. The van der Waals surface area contributed by atoms with E-state index < -0.39 is 0 Å². The van der Waals surface area contributed by atoms with E-state index in [-0.39, 0.29) is 6.03 Å². The van der Waals surface area contributed by atoms with Gasteiger partial charge in [0.1, 0.15) is 0 Å². The minimum atomic E-state index is -0.150. The fourth-order valence-electron chi connectivity index (χ4n) is 2.91. The largest absolute Gasteiger partial charge is 0.352 e. The summed E-state index contributed by atoms with van der Waals surface area (Å²) in [7, 11) is 0. The molecule has 4 rings (SSSR count). The summed E-state index contributed by atoms with van der Waals surface area (Å²) in [4.78, 5) is 16.3. The van der Waals surface area contributed by atoms with Crippen LogP contribution in [0.25, 0.3) is 5.82 Å². The van der Waals surface area contributed by atoms with Crippen LogP contribution >= 0.6 is 11.6 Å². The molecular weight excluding hydrogens is 366 g/mol. The zero-order chi connectivity index (χ0) is 18.6. The summed E-state index contributed by atoms with van der Waals surface area (Å²) in [6.07, 6.45) is 3.52. The molecule has 0 atom stereocenters. The standard InChI is InChI=1S/C18H18ClN7O/c19-14-4-1-2-5-15(14)21-18(27)25-12-10-24(11-13-25)16-6-7-17(23-22-16)26-9-3-8-20-26/h1-9H,10-13H2,(H,21,27). The van der Waals surface area contributed by atoms with Crippen molar-refractivity contribution in [3.63, 3.8) is 0 Å². The van der Waals surface area contributed by atoms with Crippen molar-refractivity contribution in [1.29, 1.82) is 0 Å². The Morgan fingerprint density at radius 1 is 0.963 bits per heavy atom. The summed E-state index contributed by atoms with van der Waals surface area (Å²) in [6, 6.07) is 12.7. The first kappa shape index (κ1) is 17.3. The van der Waals surface area contributed by atoms with E-state index in [0.29, 0.717) is 42.7 Å². The van der Waals surface area contributed by atoms with E-state index in [9.17, 15) is 4.79 Å². The molecular formula is C18H18ClN7O. The number of hydrogen-bond acceptors (Lipinski definition) is 5. The van der Waals surface area contributed by atoms with Crippen LogP contribution in [0.3, 0.4) is 0 Å². The van der Waals surface area contributed by atoms with Gasteiger partial charge in [-0.3, -0.25) is 0 Å². The van der Waals surface area contributed by atoms with Crippen molar-refractivity contribution in [2.24, 2.45) is 0 Å². The number of amides is 2. The van der Waals surface area contributed by atoms with Crippen molar-refractivity contribution >= 4 is 29.1 Å². The number of para-hydroxylation sites is 1. The number of piperazine rings is 1. The van der Waals surface area contributed by atoms with Gasteiger partial charge in [0.05, 0.1) is 10.7 Å². The maximum Gasteiger partial charge on any atom is 0.322 e. The number of benzene rings is 1. The van der Waals surface area contributed by atoms with Crippen LogP contribution in [0.2, 0.25) is 5.02 Å². The summed E-state index contributed by atoms with van der Waals surface area (Å²) >= 11 is 6.10. The Balaban J connectivity index is 1.34. The zero-order valence-corrected chi connectivity index (χ0v) is 15.3. The highest BCUT2D eigenvalue weighted by Gasteiger charge is 2.22. The molecule has 8 nitrogen and oxygen atoms in total. The number of urea groups is 1. The van der Waals surface area contributed by atoms with Crippen molar-refractivity contribution in [3.05, 3.63) is 59.9 Å². The lowest BCUT2D eigenvalue weighted by Crippen LogP contribution is -2.50. The third-order valence-corrected chi connectivity index (χ3v) is 4.71. The molecule has 27 heavy (non-hydrogen) atoms. The summed E-state index contributed by atoms with van der Waals surface area (Å²) in [5, 5.41) is 16.0. The van der Waals surface area contributed by atoms with E-state index in [1.807, 2.05) is 36.5 Å². The average molecular weight is 384 g/mol. The highest BCUT2D eigenvalue weighted by Crippen LogP contribution is 2.21. The van der Waals surface area contributed by atoms with Crippen molar-refractivity contribution in [2.75, 3.05) is 36.4 Å². The van der Waals surface area contributed by atoms with Gasteiger partial charge in [-0.15, -0.1) is 10.2 Å². The fraction of sp³-hybridized carbons (Fsp3) is 0.222. The molecule has 3 aromatic rings. The molecule has 0 aliphatic carbocycles. The van der Waals surface area contributed by atoms with Gasteiger partial charge in [-0.05, 0) is 30.3 Å². The van der Waals surface area contributed by atoms with Gasteiger partial charge in [0.15, 0.2) is 11.6 Å². The smallest absolute Gasteiger partial charge is 0.322 e. The van der Waals surface area contributed by atoms with Crippen LogP contribution in [0, 0.1) is 0 Å². The lowest BCUT2D eigenvalue weighted by Gasteiger charge is -2.35. The molecule has 1 saturated heterocycles. The van der Waals surface area contributed by atoms with E-state index in [2.05, 4.69) is 25.5 Å². The molecule has 0 spiro atoms. The average Bonchev–Trinajstić information content (AvgIpc) is 3.25. The molecule has 0 radical (unpaired) electrons. The number of aromatic nitrogens is 4. The summed E-state index contributed by atoms with van der Waals surface area (Å²) in [6.45, 7) is 2.56. The molecule has 138 valence electrons. The Hall–Kier alpha value is -3.13. The Bertz CT molecular complexity index is 906. The van der Waals surface area contributed by atoms with E-state index in [1.165, 1.54) is 0 Å². The number of anilines is 2. The first-order chi connectivity index (χ1) is 13.2. The number of carbonyl (C=O) groups excluding carboxylic acids is 1. The van der Waals surface area contributed by atoms with Gasteiger partial charge >= 0.3 is 6.03 Å². The van der Waals surface area contributed by atoms with Gasteiger partial charge in [-0.1, -0.05) is 23.7 Å². The second-order valence-corrected chi connectivity index (χ2v) is 6.49. The van der Waals surface area contributed by atoms with Crippen molar-refractivity contribution in [2.45, 2.75) is 0 Å². The van der Waals surface area contributed by atoms with Crippen molar-refractivity contribution in [3.8, 4) is 5.82 Å². The lowest BCUT2D eigenvalue weighted by molar-refractivity contribution is 0.208. The van der Waals surface area contributed by atoms with E-state index >= 15 is 0 Å². The first-order valence-electron chi connectivity index (χ1n) is 8.60. The van der Waals surface area contributed by atoms with Crippen LogP contribution in [-0.4, -0.2) is 57.1 Å². The fourth-order valence-corrected chi connectivity index (χ4v) is 3.09. The molecule has 1 aromatic carbocycles. The molecule has 2 amide bonds. The highest BCUT2D eigenvalue weighted by atomic mass is 35.5. The molecule has 9 heteroatoms. The van der Waals surface area contributed by atoms with Gasteiger partial charge in [0, 0.05) is 38.6 Å². The van der Waals surface area contributed by atoms with Crippen LogP contribution in [0.4, 0.5) is 16.3 Å². The first-order valence-corrected chi connectivity index (χ1v) is 8.98. The summed E-state index contributed by atoms with van der Waals surface area (Å²) in [5.41, 5.74) is 0.617. The van der Waals surface area contributed by atoms with Gasteiger partial charge < -0.3 is 15.1 Å². The second-order valence-electron chi connectivity index (χ2n) is 6.08. The number of nitrogens with zero attached hydrogens (tertiary/aromatic N) is 6. The molecule has 1 aliphatic rings. The summed E-state index contributed by atoms with van der Waals surface area (Å²) < 4.78 is 1.66. The number of carbonyl (C=O) groups is 1. The maximum atomic E-state index is 12.4. The van der Waals surface area contributed by atoms with Crippen LogP contribution in [-0.2, 0) is 0 Å². The molecule has 0 saturated carbocycles. The molecule has 1 fully saturated rings. The minimum Gasteiger partial charge on any atom is -0.352 e. The van der Waals surface area contributed by atoms with E-state index in [0.717, 1.165) is 5.82 Å². The number of hydrogen-bond donors (Lipinski definition) is 1. The zero-order valence-electron chi connectivity index (χ0n) is 14.5. The number of nitrogens with one attached hydrogen (secondary N) is 1. The third kappa shape index (κ3) is 3.85. The topological polar surface area (TPSA) is 79.2 Å². The van der Waals surface area contributed by atoms with Crippen LogP contribution in [0.5, 0.6) is 0 Å². The molecule has 2 aromatic heterocycles.